The van der Waals surface area contributed by atoms with Crippen molar-refractivity contribution in [3.63, 3.8) is 0 Å². The van der Waals surface area contributed by atoms with Crippen LogP contribution in [0.3, 0.4) is 0 Å². The van der Waals surface area contributed by atoms with Crippen molar-refractivity contribution in [2.75, 3.05) is 4.72 Å². The predicted molar refractivity (Wildman–Crippen MR) is 60.0 cm³/mol. The van der Waals surface area contributed by atoms with Gasteiger partial charge in [-0.15, -0.1) is 0 Å². The molecule has 68 valence electrons. The number of halogens is 1. The molecule has 0 heterocycles. The summed E-state index contributed by atoms with van der Waals surface area (Å²) < 4.78 is 2.69. The Hall–Kier alpha value is -0.340. The topological polar surface area (TPSA) is 12.0 Å². The molecule has 1 N–H and O–H groups in total. The molecular weight excluding hydrogens is 190 g/mol. The molecule has 0 unspecified atom stereocenters. The average molecular weight is 204 g/mol. The van der Waals surface area contributed by atoms with Crippen molar-refractivity contribution in [3.05, 3.63) is 29.3 Å². The summed E-state index contributed by atoms with van der Waals surface area (Å²) >= 11 is 9.47. The van der Waals surface area contributed by atoms with Crippen LogP contribution in [-0.4, -0.2) is 0 Å². The fourth-order valence-electron chi connectivity index (χ4n) is 0.524. The SMILES string of the molecule is CCC.SNc1ccc(Cl)cc1. The van der Waals surface area contributed by atoms with E-state index in [1.807, 2.05) is 12.1 Å². The number of hydrogen-bond acceptors (Lipinski definition) is 2. The van der Waals surface area contributed by atoms with Crippen molar-refractivity contribution in [2.24, 2.45) is 0 Å². The Morgan fingerprint density at radius 3 is 2.00 bits per heavy atom. The molecular formula is C9H14ClNS. The number of anilines is 1. The molecule has 1 aromatic carbocycles. The Bertz CT molecular complexity index is 198. The smallest absolute Gasteiger partial charge is 0.0438 e. The molecule has 1 nitrogen and oxygen atoms in total. The lowest BCUT2D eigenvalue weighted by Gasteiger charge is -1.95. The maximum absolute atomic E-state index is 5.62. The minimum Gasteiger partial charge on any atom is -0.332 e. The van der Waals surface area contributed by atoms with Crippen LogP contribution >= 0.6 is 24.4 Å². The van der Waals surface area contributed by atoms with E-state index in [1.165, 1.54) is 6.42 Å². The van der Waals surface area contributed by atoms with E-state index in [4.69, 9.17) is 11.6 Å². The molecule has 0 aliphatic rings. The molecule has 3 heteroatoms. The van der Waals surface area contributed by atoms with Gasteiger partial charge in [-0.2, -0.15) is 0 Å². The summed E-state index contributed by atoms with van der Waals surface area (Å²) in [5.74, 6) is 0. The van der Waals surface area contributed by atoms with E-state index < -0.39 is 0 Å². The van der Waals surface area contributed by atoms with Crippen molar-refractivity contribution in [1.82, 2.24) is 0 Å². The fraction of sp³-hybridized carbons (Fsp3) is 0.333. The molecule has 0 aromatic heterocycles. The second-order valence-electron chi connectivity index (χ2n) is 2.33. The van der Waals surface area contributed by atoms with Crippen LogP contribution < -0.4 is 4.72 Å². The Labute approximate surface area is 84.7 Å². The lowest BCUT2D eigenvalue weighted by molar-refractivity contribution is 1.09. The van der Waals surface area contributed by atoms with Crippen molar-refractivity contribution in [3.8, 4) is 0 Å². The third-order valence-corrected chi connectivity index (χ3v) is 1.48. The quantitative estimate of drug-likeness (QED) is 0.658. The second-order valence-corrected chi connectivity index (χ2v) is 2.99. The molecule has 0 bridgehead atoms. The third-order valence-electron chi connectivity index (χ3n) is 0.973. The fourth-order valence-corrected chi connectivity index (χ4v) is 0.799. The first-order valence-corrected chi connectivity index (χ1v) is 4.72. The molecule has 0 atom stereocenters. The van der Waals surface area contributed by atoms with Gasteiger partial charge in [-0.05, 0) is 24.3 Å². The van der Waals surface area contributed by atoms with Gasteiger partial charge in [0.15, 0.2) is 0 Å². The highest BCUT2D eigenvalue weighted by Gasteiger charge is 1.85. The Balaban J connectivity index is 0.000000354. The largest absolute Gasteiger partial charge is 0.332 e. The third kappa shape index (κ3) is 5.33. The summed E-state index contributed by atoms with van der Waals surface area (Å²) in [5.41, 5.74) is 0.947. The maximum Gasteiger partial charge on any atom is 0.0438 e. The van der Waals surface area contributed by atoms with Gasteiger partial charge in [0.05, 0.1) is 0 Å². The highest BCUT2D eigenvalue weighted by Crippen LogP contribution is 2.13. The standard InChI is InChI=1S/C6H6ClNS.C3H8/c7-5-1-3-6(8-9)4-2-5;1-3-2/h1-4,8-9H;3H2,1-2H3. The van der Waals surface area contributed by atoms with Crippen molar-refractivity contribution in [1.29, 1.82) is 0 Å². The molecule has 0 aliphatic heterocycles. The zero-order chi connectivity index (χ0) is 9.40. The van der Waals surface area contributed by atoms with E-state index >= 15 is 0 Å². The minimum absolute atomic E-state index is 0.738. The van der Waals surface area contributed by atoms with E-state index in [1.54, 1.807) is 12.1 Å². The van der Waals surface area contributed by atoms with E-state index in [-0.39, 0.29) is 0 Å². The van der Waals surface area contributed by atoms with Crippen molar-refractivity contribution < 1.29 is 0 Å². The van der Waals surface area contributed by atoms with Crippen LogP contribution in [0.2, 0.25) is 5.02 Å². The van der Waals surface area contributed by atoms with Gasteiger partial charge in [-0.3, -0.25) is 0 Å². The van der Waals surface area contributed by atoms with Gasteiger partial charge in [-0.1, -0.05) is 44.7 Å². The maximum atomic E-state index is 5.62. The summed E-state index contributed by atoms with van der Waals surface area (Å²) in [6, 6.07) is 7.32. The number of rotatable bonds is 1. The normalized spacial score (nSPS) is 8.33. The van der Waals surface area contributed by atoms with Crippen molar-refractivity contribution >= 4 is 30.1 Å². The Morgan fingerprint density at radius 1 is 1.25 bits per heavy atom. The van der Waals surface area contributed by atoms with E-state index in [9.17, 15) is 0 Å². The summed E-state index contributed by atoms with van der Waals surface area (Å²) in [6.45, 7) is 4.25. The first-order chi connectivity index (χ1) is 5.74. The predicted octanol–water partition coefficient (Wildman–Crippen LogP) is 4.01. The van der Waals surface area contributed by atoms with E-state index in [2.05, 4.69) is 31.4 Å². The summed E-state index contributed by atoms with van der Waals surface area (Å²) in [7, 11) is 0. The Morgan fingerprint density at radius 2 is 1.67 bits per heavy atom. The van der Waals surface area contributed by atoms with Gasteiger partial charge in [-0.25, -0.2) is 0 Å². The number of thiol groups is 1. The highest BCUT2D eigenvalue weighted by atomic mass is 35.5. The van der Waals surface area contributed by atoms with Gasteiger partial charge in [0.1, 0.15) is 0 Å². The van der Waals surface area contributed by atoms with Crippen LogP contribution in [0, 0.1) is 0 Å². The van der Waals surface area contributed by atoms with E-state index in [0.29, 0.717) is 0 Å². The van der Waals surface area contributed by atoms with Crippen LogP contribution in [0.5, 0.6) is 0 Å². The first-order valence-electron chi connectivity index (χ1n) is 3.90. The van der Waals surface area contributed by atoms with E-state index in [0.717, 1.165) is 10.7 Å². The molecule has 0 spiro atoms. The van der Waals surface area contributed by atoms with Gasteiger partial charge >= 0.3 is 0 Å². The molecule has 0 fully saturated rings. The average Bonchev–Trinajstić information content (AvgIpc) is 2.07. The highest BCUT2D eigenvalue weighted by molar-refractivity contribution is 7.81. The summed E-state index contributed by atoms with van der Waals surface area (Å²) in [6.07, 6.45) is 1.25. The molecule has 0 aliphatic carbocycles. The van der Waals surface area contributed by atoms with Crippen LogP contribution in [0.1, 0.15) is 20.3 Å². The Kier molecular flexibility index (Phi) is 7.11. The number of benzene rings is 1. The molecule has 12 heavy (non-hydrogen) atoms. The first kappa shape index (κ1) is 11.7. The van der Waals surface area contributed by atoms with Crippen LogP contribution in [0.15, 0.2) is 24.3 Å². The molecule has 1 rings (SSSR count). The van der Waals surface area contributed by atoms with Crippen molar-refractivity contribution in [2.45, 2.75) is 20.3 Å². The minimum atomic E-state index is 0.738. The molecule has 0 amide bonds. The second kappa shape index (κ2) is 7.32. The monoisotopic (exact) mass is 203 g/mol. The lowest BCUT2D eigenvalue weighted by Crippen LogP contribution is -1.76. The van der Waals surface area contributed by atoms with Gasteiger partial charge in [0, 0.05) is 10.7 Å². The zero-order valence-corrected chi connectivity index (χ0v) is 8.99. The van der Waals surface area contributed by atoms with Gasteiger partial charge < -0.3 is 4.72 Å². The summed E-state index contributed by atoms with van der Waals surface area (Å²) in [4.78, 5) is 0. The molecule has 1 aromatic rings. The molecule has 0 saturated heterocycles. The van der Waals surface area contributed by atoms with Crippen LogP contribution in [0.4, 0.5) is 5.69 Å². The lowest BCUT2D eigenvalue weighted by atomic mass is 10.3. The molecule has 0 saturated carbocycles. The van der Waals surface area contributed by atoms with Gasteiger partial charge in [0.25, 0.3) is 0 Å². The number of nitrogens with one attached hydrogen (secondary N) is 1. The summed E-state index contributed by atoms with van der Waals surface area (Å²) in [5, 5.41) is 0.738. The van der Waals surface area contributed by atoms with Crippen LogP contribution in [0.25, 0.3) is 0 Å². The molecule has 0 radical (unpaired) electrons. The van der Waals surface area contributed by atoms with Crippen LogP contribution in [-0.2, 0) is 0 Å². The number of hydrogen-bond donors (Lipinski definition) is 2. The zero-order valence-electron chi connectivity index (χ0n) is 7.34. The van der Waals surface area contributed by atoms with Gasteiger partial charge in [0.2, 0.25) is 0 Å².